The van der Waals surface area contributed by atoms with E-state index in [1.165, 1.54) is 19.3 Å². The van der Waals surface area contributed by atoms with Crippen molar-refractivity contribution < 1.29 is 5.11 Å². The van der Waals surface area contributed by atoms with E-state index in [-0.39, 0.29) is 6.10 Å². The summed E-state index contributed by atoms with van der Waals surface area (Å²) in [7, 11) is 0. The molecule has 0 aromatic heterocycles. The number of piperidine rings is 1. The van der Waals surface area contributed by atoms with E-state index < -0.39 is 0 Å². The van der Waals surface area contributed by atoms with Crippen molar-refractivity contribution in [3.05, 3.63) is 0 Å². The molecule has 0 aromatic carbocycles. The van der Waals surface area contributed by atoms with Crippen molar-refractivity contribution in [1.82, 2.24) is 10.2 Å². The Labute approximate surface area is 131 Å². The van der Waals surface area contributed by atoms with Crippen LogP contribution in [0.25, 0.3) is 0 Å². The van der Waals surface area contributed by atoms with Crippen LogP contribution in [0.15, 0.2) is 0 Å². The maximum atomic E-state index is 10.1. The van der Waals surface area contributed by atoms with Crippen LogP contribution in [-0.4, -0.2) is 47.8 Å². The molecule has 0 spiro atoms. The van der Waals surface area contributed by atoms with E-state index in [1.54, 1.807) is 0 Å². The first-order valence-electron chi connectivity index (χ1n) is 8.92. The van der Waals surface area contributed by atoms with E-state index in [4.69, 9.17) is 0 Å². The lowest BCUT2D eigenvalue weighted by Gasteiger charge is -2.46. The summed E-state index contributed by atoms with van der Waals surface area (Å²) in [6.07, 6.45) is 5.13. The molecule has 0 bridgehead atoms. The zero-order chi connectivity index (χ0) is 15.6. The van der Waals surface area contributed by atoms with Gasteiger partial charge in [-0.15, -0.1) is 0 Å². The molecule has 0 amide bonds. The number of rotatable bonds is 5. The van der Waals surface area contributed by atoms with Crippen LogP contribution in [0.2, 0.25) is 0 Å². The maximum absolute atomic E-state index is 10.1. The zero-order valence-electron chi connectivity index (χ0n) is 14.7. The SMILES string of the molecule is CC(O)C1CC(NCC(C)(C)C)CN(C(C)C2CCC2)C1. The fourth-order valence-electron chi connectivity index (χ4n) is 3.67. The molecule has 1 heterocycles. The second-order valence-corrected chi connectivity index (χ2v) is 8.76. The number of aliphatic hydroxyl groups excluding tert-OH is 1. The first-order valence-corrected chi connectivity index (χ1v) is 8.92. The molecule has 2 aliphatic rings. The predicted octanol–water partition coefficient (Wildman–Crippen LogP) is 2.88. The lowest BCUT2D eigenvalue weighted by molar-refractivity contribution is 0.00746. The molecule has 1 saturated carbocycles. The van der Waals surface area contributed by atoms with Crippen molar-refractivity contribution >= 4 is 0 Å². The molecule has 21 heavy (non-hydrogen) atoms. The summed E-state index contributed by atoms with van der Waals surface area (Å²) >= 11 is 0. The number of nitrogens with zero attached hydrogens (tertiary/aromatic N) is 1. The summed E-state index contributed by atoms with van der Waals surface area (Å²) in [6.45, 7) is 14.5. The Balaban J connectivity index is 1.94. The maximum Gasteiger partial charge on any atom is 0.0553 e. The number of aliphatic hydroxyl groups is 1. The van der Waals surface area contributed by atoms with Gasteiger partial charge >= 0.3 is 0 Å². The molecular weight excluding hydrogens is 260 g/mol. The van der Waals surface area contributed by atoms with E-state index in [9.17, 15) is 5.11 Å². The quantitative estimate of drug-likeness (QED) is 0.819. The molecule has 0 aromatic rings. The Morgan fingerprint density at radius 1 is 1.14 bits per heavy atom. The first-order chi connectivity index (χ1) is 9.76. The molecule has 3 nitrogen and oxygen atoms in total. The van der Waals surface area contributed by atoms with Crippen molar-refractivity contribution in [2.75, 3.05) is 19.6 Å². The highest BCUT2D eigenvalue weighted by Gasteiger charge is 2.36. The van der Waals surface area contributed by atoms with Gasteiger partial charge in [0.15, 0.2) is 0 Å². The Morgan fingerprint density at radius 2 is 1.81 bits per heavy atom. The van der Waals surface area contributed by atoms with Crippen molar-refractivity contribution in [2.45, 2.75) is 78.5 Å². The van der Waals surface area contributed by atoms with E-state index in [2.05, 4.69) is 37.9 Å². The molecule has 4 atom stereocenters. The van der Waals surface area contributed by atoms with Gasteiger partial charge in [0.1, 0.15) is 0 Å². The summed E-state index contributed by atoms with van der Waals surface area (Å²) in [5.41, 5.74) is 0.322. The van der Waals surface area contributed by atoms with Gasteiger partial charge in [0.2, 0.25) is 0 Å². The average molecular weight is 296 g/mol. The lowest BCUT2D eigenvalue weighted by Crippen LogP contribution is -2.56. The molecule has 2 fully saturated rings. The Hall–Kier alpha value is -0.120. The third-order valence-corrected chi connectivity index (χ3v) is 5.52. The van der Waals surface area contributed by atoms with E-state index in [0.29, 0.717) is 23.4 Å². The summed E-state index contributed by atoms with van der Waals surface area (Å²) in [6, 6.07) is 1.21. The monoisotopic (exact) mass is 296 g/mol. The molecule has 1 aliphatic heterocycles. The molecule has 4 unspecified atom stereocenters. The Morgan fingerprint density at radius 3 is 2.29 bits per heavy atom. The molecular formula is C18H36N2O. The second-order valence-electron chi connectivity index (χ2n) is 8.76. The molecule has 2 rings (SSSR count). The van der Waals surface area contributed by atoms with Gasteiger partial charge in [-0.3, -0.25) is 4.90 Å². The lowest BCUT2D eigenvalue weighted by atomic mass is 9.78. The van der Waals surface area contributed by atoms with Crippen LogP contribution in [0.4, 0.5) is 0 Å². The first kappa shape index (κ1) is 17.2. The number of likely N-dealkylation sites (tertiary alicyclic amines) is 1. The van der Waals surface area contributed by atoms with Crippen LogP contribution in [0.5, 0.6) is 0 Å². The summed E-state index contributed by atoms with van der Waals surface area (Å²) in [4.78, 5) is 2.64. The van der Waals surface area contributed by atoms with Gasteiger partial charge in [-0.05, 0) is 50.4 Å². The fraction of sp³-hybridized carbons (Fsp3) is 1.00. The number of hydrogen-bond acceptors (Lipinski definition) is 3. The molecule has 2 N–H and O–H groups in total. The minimum Gasteiger partial charge on any atom is -0.393 e. The summed E-state index contributed by atoms with van der Waals surface area (Å²) in [5, 5.41) is 13.8. The fourth-order valence-corrected chi connectivity index (χ4v) is 3.67. The Kier molecular flexibility index (Phi) is 5.72. The summed E-state index contributed by atoms with van der Waals surface area (Å²) < 4.78 is 0. The van der Waals surface area contributed by atoms with Crippen LogP contribution in [0.1, 0.15) is 60.3 Å². The van der Waals surface area contributed by atoms with E-state index in [0.717, 1.165) is 32.0 Å². The van der Waals surface area contributed by atoms with Gasteiger partial charge in [-0.2, -0.15) is 0 Å². The molecule has 124 valence electrons. The van der Waals surface area contributed by atoms with Crippen molar-refractivity contribution in [2.24, 2.45) is 17.3 Å². The minimum absolute atomic E-state index is 0.194. The minimum atomic E-state index is -0.194. The average Bonchev–Trinajstić information content (AvgIpc) is 2.33. The van der Waals surface area contributed by atoms with Crippen LogP contribution in [0, 0.1) is 17.3 Å². The Bertz CT molecular complexity index is 320. The van der Waals surface area contributed by atoms with Crippen LogP contribution < -0.4 is 5.32 Å². The summed E-state index contributed by atoms with van der Waals surface area (Å²) in [5.74, 6) is 1.31. The zero-order valence-corrected chi connectivity index (χ0v) is 14.7. The van der Waals surface area contributed by atoms with Crippen LogP contribution in [0.3, 0.4) is 0 Å². The number of nitrogens with one attached hydrogen (secondary N) is 1. The normalized spacial score (nSPS) is 31.7. The highest BCUT2D eigenvalue weighted by molar-refractivity contribution is 4.91. The molecule has 3 heteroatoms. The second kappa shape index (κ2) is 6.97. The van der Waals surface area contributed by atoms with Gasteiger partial charge in [-0.1, -0.05) is 27.2 Å². The highest BCUT2D eigenvalue weighted by atomic mass is 16.3. The number of hydrogen-bond donors (Lipinski definition) is 2. The van der Waals surface area contributed by atoms with Crippen LogP contribution in [-0.2, 0) is 0 Å². The van der Waals surface area contributed by atoms with Gasteiger partial charge in [0.25, 0.3) is 0 Å². The van der Waals surface area contributed by atoms with Gasteiger partial charge in [0.05, 0.1) is 6.10 Å². The van der Waals surface area contributed by atoms with Crippen molar-refractivity contribution in [1.29, 1.82) is 0 Å². The van der Waals surface area contributed by atoms with Gasteiger partial charge in [-0.25, -0.2) is 0 Å². The molecule has 1 aliphatic carbocycles. The van der Waals surface area contributed by atoms with Gasteiger partial charge in [0, 0.05) is 31.7 Å². The largest absolute Gasteiger partial charge is 0.393 e. The van der Waals surface area contributed by atoms with E-state index >= 15 is 0 Å². The van der Waals surface area contributed by atoms with Gasteiger partial charge < -0.3 is 10.4 Å². The van der Waals surface area contributed by atoms with Crippen LogP contribution >= 0.6 is 0 Å². The molecule has 1 saturated heterocycles. The van der Waals surface area contributed by atoms with Crippen molar-refractivity contribution in [3.8, 4) is 0 Å². The van der Waals surface area contributed by atoms with Crippen molar-refractivity contribution in [3.63, 3.8) is 0 Å². The smallest absolute Gasteiger partial charge is 0.0553 e. The third-order valence-electron chi connectivity index (χ3n) is 5.52. The highest BCUT2D eigenvalue weighted by Crippen LogP contribution is 2.34. The standard InChI is InChI=1S/C18H36N2O/c1-13(15-7-6-8-15)20-10-16(14(2)21)9-17(11-20)19-12-18(3,4)5/h13-17,19,21H,6-12H2,1-5H3. The predicted molar refractivity (Wildman–Crippen MR) is 89.4 cm³/mol. The topological polar surface area (TPSA) is 35.5 Å². The molecule has 0 radical (unpaired) electrons. The van der Waals surface area contributed by atoms with E-state index in [1.807, 2.05) is 6.92 Å². The third kappa shape index (κ3) is 4.94.